The lowest BCUT2D eigenvalue weighted by Gasteiger charge is -2.10. The molecular weight excluding hydrogens is 330 g/mol. The second-order valence-electron chi connectivity index (χ2n) is 4.87. The Bertz CT molecular complexity index is 960. The first kappa shape index (κ1) is 16.0. The van der Waals surface area contributed by atoms with Gasteiger partial charge in [-0.25, -0.2) is 9.78 Å². The van der Waals surface area contributed by atoms with Gasteiger partial charge >= 0.3 is 5.97 Å². The maximum Gasteiger partial charge on any atom is 0.341 e. The highest BCUT2D eigenvalue weighted by atomic mass is 32.1. The fraction of sp³-hybridized carbons (Fsp3) is 0.188. The van der Waals surface area contributed by atoms with E-state index in [9.17, 15) is 9.59 Å². The average Bonchev–Trinajstić information content (AvgIpc) is 2.98. The number of carbonyl (C=O) groups excluding carboxylic acids is 1. The molecule has 2 aromatic heterocycles. The van der Waals surface area contributed by atoms with Crippen LogP contribution in [0.4, 0.5) is 5.13 Å². The molecule has 0 bridgehead atoms. The second kappa shape index (κ2) is 6.32. The number of benzene rings is 1. The van der Waals surface area contributed by atoms with Gasteiger partial charge in [-0.3, -0.25) is 9.36 Å². The zero-order chi connectivity index (χ0) is 17.3. The molecule has 0 fully saturated rings. The summed E-state index contributed by atoms with van der Waals surface area (Å²) in [5.41, 5.74) is 6.50. The van der Waals surface area contributed by atoms with E-state index in [1.165, 1.54) is 10.8 Å². The number of hydrogen-bond acceptors (Lipinski definition) is 7. The van der Waals surface area contributed by atoms with E-state index >= 15 is 0 Å². The molecule has 24 heavy (non-hydrogen) atoms. The summed E-state index contributed by atoms with van der Waals surface area (Å²) in [6, 6.07) is 6.92. The normalized spacial score (nSPS) is 10.8. The summed E-state index contributed by atoms with van der Waals surface area (Å²) in [6.07, 6.45) is 1.43. The zero-order valence-electron chi connectivity index (χ0n) is 13.1. The van der Waals surface area contributed by atoms with Crippen molar-refractivity contribution in [2.24, 2.45) is 0 Å². The van der Waals surface area contributed by atoms with Gasteiger partial charge in [0.25, 0.3) is 5.56 Å². The van der Waals surface area contributed by atoms with Crippen molar-refractivity contribution in [3.8, 4) is 11.4 Å². The SMILES string of the molecule is CCOC(=O)c1cn(-c2ccc(OC)cc2)c(=O)c2sc(N)nc12. The van der Waals surface area contributed by atoms with E-state index in [1.54, 1.807) is 38.3 Å². The molecule has 0 radical (unpaired) electrons. The Morgan fingerprint density at radius 3 is 2.67 bits per heavy atom. The summed E-state index contributed by atoms with van der Waals surface area (Å²) in [5.74, 6) is 0.121. The van der Waals surface area contributed by atoms with Crippen LogP contribution in [0, 0.1) is 0 Å². The van der Waals surface area contributed by atoms with Gasteiger partial charge < -0.3 is 15.2 Å². The van der Waals surface area contributed by atoms with Crippen LogP contribution in [0.1, 0.15) is 17.3 Å². The Kier molecular flexibility index (Phi) is 4.22. The van der Waals surface area contributed by atoms with E-state index in [2.05, 4.69) is 4.98 Å². The molecule has 3 rings (SSSR count). The Morgan fingerprint density at radius 1 is 1.33 bits per heavy atom. The predicted octanol–water partition coefficient (Wildman–Crippen LogP) is 2.21. The quantitative estimate of drug-likeness (QED) is 0.728. The highest BCUT2D eigenvalue weighted by molar-refractivity contribution is 7.22. The molecule has 2 N–H and O–H groups in total. The third kappa shape index (κ3) is 2.71. The summed E-state index contributed by atoms with van der Waals surface area (Å²) in [5, 5.41) is 0.222. The van der Waals surface area contributed by atoms with Crippen LogP contribution in [-0.4, -0.2) is 29.2 Å². The molecule has 0 amide bonds. The highest BCUT2D eigenvalue weighted by Crippen LogP contribution is 2.25. The van der Waals surface area contributed by atoms with E-state index < -0.39 is 5.97 Å². The minimum Gasteiger partial charge on any atom is -0.497 e. The van der Waals surface area contributed by atoms with Crippen molar-refractivity contribution in [2.75, 3.05) is 19.5 Å². The number of thiazole rings is 1. The fourth-order valence-electron chi connectivity index (χ4n) is 2.32. The van der Waals surface area contributed by atoms with Gasteiger partial charge in [0, 0.05) is 11.9 Å². The van der Waals surface area contributed by atoms with E-state index in [1.807, 2.05) is 0 Å². The maximum atomic E-state index is 12.7. The van der Waals surface area contributed by atoms with E-state index in [4.69, 9.17) is 15.2 Å². The number of nitrogens with two attached hydrogens (primary N) is 1. The van der Waals surface area contributed by atoms with Gasteiger partial charge in [-0.05, 0) is 31.2 Å². The molecule has 0 unspecified atom stereocenters. The summed E-state index contributed by atoms with van der Waals surface area (Å²) >= 11 is 1.05. The molecule has 3 aromatic rings. The first-order chi connectivity index (χ1) is 11.5. The third-order valence-electron chi connectivity index (χ3n) is 3.42. The number of carbonyl (C=O) groups is 1. The monoisotopic (exact) mass is 345 g/mol. The fourth-order valence-corrected chi connectivity index (χ4v) is 3.10. The van der Waals surface area contributed by atoms with E-state index in [-0.39, 0.29) is 28.4 Å². The van der Waals surface area contributed by atoms with E-state index in [0.717, 1.165) is 11.3 Å². The van der Waals surface area contributed by atoms with Crippen LogP contribution < -0.4 is 16.0 Å². The standard InChI is InChI=1S/C16H15N3O4S/c1-3-23-15(21)11-8-19(9-4-6-10(22-2)7-5-9)14(20)13-12(11)18-16(17)24-13/h4-8H,3H2,1-2H3,(H2,17,18). The first-order valence-corrected chi connectivity index (χ1v) is 8.00. The topological polar surface area (TPSA) is 96.4 Å². The number of esters is 1. The maximum absolute atomic E-state index is 12.7. The molecule has 0 spiro atoms. The lowest BCUT2D eigenvalue weighted by molar-refractivity contribution is 0.0528. The van der Waals surface area contributed by atoms with Crippen LogP contribution in [-0.2, 0) is 4.74 Å². The largest absolute Gasteiger partial charge is 0.497 e. The summed E-state index contributed by atoms with van der Waals surface area (Å²) < 4.78 is 11.9. The number of aromatic nitrogens is 2. The summed E-state index contributed by atoms with van der Waals surface area (Å²) in [4.78, 5) is 29.1. The lowest BCUT2D eigenvalue weighted by Crippen LogP contribution is -2.20. The molecule has 0 aliphatic heterocycles. The Labute approximate surface area is 141 Å². The Hall–Kier alpha value is -2.87. The molecule has 0 atom stereocenters. The van der Waals surface area contributed by atoms with Crippen molar-refractivity contribution >= 4 is 32.7 Å². The van der Waals surface area contributed by atoms with Gasteiger partial charge in [0.2, 0.25) is 0 Å². The van der Waals surface area contributed by atoms with Crippen LogP contribution in [0.2, 0.25) is 0 Å². The zero-order valence-corrected chi connectivity index (χ0v) is 13.9. The van der Waals surface area contributed by atoms with Crippen molar-refractivity contribution in [1.82, 2.24) is 9.55 Å². The smallest absolute Gasteiger partial charge is 0.341 e. The summed E-state index contributed by atoms with van der Waals surface area (Å²) in [6.45, 7) is 1.94. The van der Waals surface area contributed by atoms with E-state index in [0.29, 0.717) is 16.1 Å². The number of nitrogen functional groups attached to an aromatic ring is 1. The van der Waals surface area contributed by atoms with Gasteiger partial charge in [0.15, 0.2) is 5.13 Å². The van der Waals surface area contributed by atoms with Crippen LogP contribution in [0.15, 0.2) is 35.3 Å². The summed E-state index contributed by atoms with van der Waals surface area (Å²) in [7, 11) is 1.56. The third-order valence-corrected chi connectivity index (χ3v) is 4.29. The second-order valence-corrected chi connectivity index (χ2v) is 5.90. The highest BCUT2D eigenvalue weighted by Gasteiger charge is 2.20. The molecule has 0 saturated carbocycles. The van der Waals surface area contributed by atoms with Crippen molar-refractivity contribution in [3.63, 3.8) is 0 Å². The number of nitrogens with zero attached hydrogens (tertiary/aromatic N) is 2. The van der Waals surface area contributed by atoms with Gasteiger partial charge in [-0.1, -0.05) is 11.3 Å². The molecular formula is C16H15N3O4S. The van der Waals surface area contributed by atoms with Crippen molar-refractivity contribution in [2.45, 2.75) is 6.92 Å². The molecule has 124 valence electrons. The number of hydrogen-bond donors (Lipinski definition) is 1. The number of rotatable bonds is 4. The molecule has 0 aliphatic carbocycles. The van der Waals surface area contributed by atoms with Gasteiger partial charge in [0.1, 0.15) is 21.5 Å². The van der Waals surface area contributed by atoms with Crippen molar-refractivity contribution in [3.05, 3.63) is 46.4 Å². The van der Waals surface area contributed by atoms with Crippen LogP contribution in [0.25, 0.3) is 15.9 Å². The number of methoxy groups -OCH3 is 1. The van der Waals surface area contributed by atoms with Crippen LogP contribution >= 0.6 is 11.3 Å². The Balaban J connectivity index is 2.25. The molecule has 1 aromatic carbocycles. The van der Waals surface area contributed by atoms with Crippen LogP contribution in [0.5, 0.6) is 5.75 Å². The van der Waals surface area contributed by atoms with Crippen molar-refractivity contribution < 1.29 is 14.3 Å². The average molecular weight is 345 g/mol. The van der Waals surface area contributed by atoms with Crippen molar-refractivity contribution in [1.29, 1.82) is 0 Å². The predicted molar refractivity (Wildman–Crippen MR) is 92.1 cm³/mol. The van der Waals surface area contributed by atoms with Gasteiger partial charge in [0.05, 0.1) is 13.7 Å². The lowest BCUT2D eigenvalue weighted by atomic mass is 10.2. The number of ether oxygens (including phenoxy) is 2. The first-order valence-electron chi connectivity index (χ1n) is 7.18. The number of anilines is 1. The van der Waals surface area contributed by atoms with Gasteiger partial charge in [-0.2, -0.15) is 0 Å². The minimum atomic E-state index is -0.546. The molecule has 7 nitrogen and oxygen atoms in total. The number of fused-ring (bicyclic) bond motifs is 1. The van der Waals surface area contributed by atoms with Crippen LogP contribution in [0.3, 0.4) is 0 Å². The number of pyridine rings is 1. The molecule has 8 heteroatoms. The molecule has 0 saturated heterocycles. The van der Waals surface area contributed by atoms with Gasteiger partial charge in [-0.15, -0.1) is 0 Å². The minimum absolute atomic E-state index is 0.204. The molecule has 2 heterocycles. The Morgan fingerprint density at radius 2 is 2.04 bits per heavy atom. The molecule has 0 aliphatic rings.